The molecule has 1 N–H and O–H groups in total. The van der Waals surface area contributed by atoms with Gasteiger partial charge in [-0.05, 0) is 18.2 Å². The molecule has 0 aliphatic heterocycles. The van der Waals surface area contributed by atoms with Crippen LogP contribution in [0.4, 0.5) is 24.7 Å². The quantitative estimate of drug-likeness (QED) is 0.884. The summed E-state index contributed by atoms with van der Waals surface area (Å²) >= 11 is 5.51. The molecule has 88 valence electrons. The highest BCUT2D eigenvalue weighted by Gasteiger charge is 2.10. The Hall–Kier alpha value is -1.75. The average Bonchev–Trinajstić information content (AvgIpc) is 2.28. The van der Waals surface area contributed by atoms with Gasteiger partial charge in [-0.3, -0.25) is 0 Å². The Morgan fingerprint density at radius 2 is 1.88 bits per heavy atom. The van der Waals surface area contributed by atoms with Crippen molar-refractivity contribution in [3.63, 3.8) is 0 Å². The van der Waals surface area contributed by atoms with Crippen molar-refractivity contribution in [3.8, 4) is 0 Å². The highest BCUT2D eigenvalue weighted by Crippen LogP contribution is 2.23. The van der Waals surface area contributed by atoms with E-state index < -0.39 is 17.5 Å². The largest absolute Gasteiger partial charge is 0.335 e. The van der Waals surface area contributed by atoms with Gasteiger partial charge in [-0.1, -0.05) is 17.7 Å². The smallest absolute Gasteiger partial charge is 0.182 e. The zero-order valence-electron chi connectivity index (χ0n) is 8.35. The molecule has 2 rings (SSSR count). The van der Waals surface area contributed by atoms with Gasteiger partial charge in [0, 0.05) is 6.20 Å². The van der Waals surface area contributed by atoms with Crippen molar-refractivity contribution in [2.75, 3.05) is 5.32 Å². The number of nitrogens with zero attached hydrogens (tertiary/aromatic N) is 1. The first-order chi connectivity index (χ1) is 8.08. The van der Waals surface area contributed by atoms with Crippen molar-refractivity contribution in [1.82, 2.24) is 4.98 Å². The van der Waals surface area contributed by atoms with Crippen molar-refractivity contribution in [2.24, 2.45) is 0 Å². The van der Waals surface area contributed by atoms with E-state index in [1.165, 1.54) is 18.3 Å². The van der Waals surface area contributed by atoms with Crippen LogP contribution in [0.1, 0.15) is 0 Å². The molecule has 0 atom stereocenters. The normalized spacial score (nSPS) is 10.4. The van der Waals surface area contributed by atoms with Gasteiger partial charge in [-0.2, -0.15) is 0 Å². The highest BCUT2D eigenvalue weighted by atomic mass is 35.5. The lowest BCUT2D eigenvalue weighted by Crippen LogP contribution is -2.00. The fourth-order valence-corrected chi connectivity index (χ4v) is 1.38. The van der Waals surface area contributed by atoms with Crippen molar-refractivity contribution in [3.05, 3.63) is 52.9 Å². The minimum Gasteiger partial charge on any atom is -0.335 e. The summed E-state index contributed by atoms with van der Waals surface area (Å²) in [4.78, 5) is 3.64. The fraction of sp³-hybridized carbons (Fsp3) is 0. The Morgan fingerprint density at radius 3 is 2.59 bits per heavy atom. The van der Waals surface area contributed by atoms with Crippen molar-refractivity contribution in [1.29, 1.82) is 0 Å². The van der Waals surface area contributed by atoms with Gasteiger partial charge < -0.3 is 5.32 Å². The number of halogens is 4. The average molecular weight is 259 g/mol. The van der Waals surface area contributed by atoms with Crippen molar-refractivity contribution in [2.45, 2.75) is 0 Å². The van der Waals surface area contributed by atoms with Crippen LogP contribution in [0.15, 0.2) is 30.5 Å². The number of benzene rings is 1. The molecule has 1 aromatic heterocycles. The minimum atomic E-state index is -1.09. The van der Waals surface area contributed by atoms with E-state index in [1.54, 1.807) is 0 Å². The number of pyridine rings is 1. The standard InChI is InChI=1S/C11H6ClF3N2/c12-6-4-8(14)11(16-5-6)17-9-3-1-2-7(13)10(9)15/h1-5H,(H,16,17). The van der Waals surface area contributed by atoms with E-state index in [0.29, 0.717) is 0 Å². The number of rotatable bonds is 2. The predicted octanol–water partition coefficient (Wildman–Crippen LogP) is 3.90. The predicted molar refractivity (Wildman–Crippen MR) is 58.8 cm³/mol. The molecule has 1 aromatic carbocycles. The van der Waals surface area contributed by atoms with E-state index in [0.717, 1.165) is 12.1 Å². The molecule has 0 bridgehead atoms. The van der Waals surface area contributed by atoms with Gasteiger partial charge in [0.05, 0.1) is 10.7 Å². The third kappa shape index (κ3) is 2.50. The maximum absolute atomic E-state index is 13.3. The summed E-state index contributed by atoms with van der Waals surface area (Å²) in [5.74, 6) is -3.09. The van der Waals surface area contributed by atoms with Crippen LogP contribution in [0.2, 0.25) is 5.02 Å². The summed E-state index contributed by atoms with van der Waals surface area (Å²) in [6.07, 6.45) is 1.20. The van der Waals surface area contributed by atoms with Gasteiger partial charge in [-0.25, -0.2) is 18.2 Å². The Balaban J connectivity index is 2.35. The number of hydrogen-bond donors (Lipinski definition) is 1. The van der Waals surface area contributed by atoms with Gasteiger partial charge in [-0.15, -0.1) is 0 Å². The van der Waals surface area contributed by atoms with Crippen LogP contribution < -0.4 is 5.32 Å². The first kappa shape index (κ1) is 11.7. The first-order valence-electron chi connectivity index (χ1n) is 4.60. The van der Waals surface area contributed by atoms with Gasteiger partial charge >= 0.3 is 0 Å². The number of hydrogen-bond acceptors (Lipinski definition) is 2. The molecule has 2 aromatic rings. The molecule has 0 unspecified atom stereocenters. The number of anilines is 2. The Bertz CT molecular complexity index is 560. The maximum atomic E-state index is 13.3. The van der Waals surface area contributed by atoms with E-state index in [2.05, 4.69) is 10.3 Å². The lowest BCUT2D eigenvalue weighted by Gasteiger charge is -2.07. The van der Waals surface area contributed by atoms with Crippen LogP contribution in [0, 0.1) is 17.5 Å². The molecule has 6 heteroatoms. The van der Waals surface area contributed by atoms with Crippen molar-refractivity contribution >= 4 is 23.1 Å². The van der Waals surface area contributed by atoms with E-state index in [4.69, 9.17) is 11.6 Å². The second-order valence-electron chi connectivity index (χ2n) is 3.21. The summed E-state index contributed by atoms with van der Waals surface area (Å²) in [5.41, 5.74) is -0.196. The van der Waals surface area contributed by atoms with Crippen LogP contribution in [-0.2, 0) is 0 Å². The van der Waals surface area contributed by atoms with Gasteiger partial charge in [0.2, 0.25) is 0 Å². The minimum absolute atomic E-state index is 0.118. The molecule has 0 saturated heterocycles. The topological polar surface area (TPSA) is 24.9 Å². The SMILES string of the molecule is Fc1cc(Cl)cnc1Nc1cccc(F)c1F. The third-order valence-electron chi connectivity index (χ3n) is 2.01. The fourth-order valence-electron chi connectivity index (χ4n) is 1.23. The number of nitrogens with one attached hydrogen (secondary N) is 1. The van der Waals surface area contributed by atoms with Crippen molar-refractivity contribution < 1.29 is 13.2 Å². The number of aromatic nitrogens is 1. The van der Waals surface area contributed by atoms with Gasteiger partial charge in [0.15, 0.2) is 23.3 Å². The first-order valence-corrected chi connectivity index (χ1v) is 4.98. The van der Waals surface area contributed by atoms with Crippen LogP contribution in [0.3, 0.4) is 0 Å². The maximum Gasteiger partial charge on any atom is 0.182 e. The van der Waals surface area contributed by atoms with Crippen LogP contribution in [0.5, 0.6) is 0 Å². The summed E-state index contributed by atoms with van der Waals surface area (Å²) < 4.78 is 39.5. The molecule has 1 heterocycles. The van der Waals surface area contributed by atoms with Crippen LogP contribution >= 0.6 is 11.6 Å². The molecule has 0 aliphatic rings. The zero-order chi connectivity index (χ0) is 12.4. The molecular weight excluding hydrogens is 253 g/mol. The molecule has 0 amide bonds. The lowest BCUT2D eigenvalue weighted by atomic mass is 10.3. The molecule has 17 heavy (non-hydrogen) atoms. The molecular formula is C11H6ClF3N2. The Labute approximate surface area is 100 Å². The van der Waals surface area contributed by atoms with E-state index in [1.807, 2.05) is 0 Å². The molecule has 0 saturated carbocycles. The van der Waals surface area contributed by atoms with Crippen LogP contribution in [-0.4, -0.2) is 4.98 Å². The second kappa shape index (κ2) is 4.63. The lowest BCUT2D eigenvalue weighted by molar-refractivity contribution is 0.511. The summed E-state index contributed by atoms with van der Waals surface area (Å²) in [6.45, 7) is 0. The second-order valence-corrected chi connectivity index (χ2v) is 3.65. The molecule has 2 nitrogen and oxygen atoms in total. The highest BCUT2D eigenvalue weighted by molar-refractivity contribution is 6.30. The Morgan fingerprint density at radius 1 is 1.12 bits per heavy atom. The molecule has 0 fully saturated rings. The third-order valence-corrected chi connectivity index (χ3v) is 2.22. The summed E-state index contributed by atoms with van der Waals surface area (Å²) in [7, 11) is 0. The van der Waals surface area contributed by atoms with E-state index in [9.17, 15) is 13.2 Å². The molecule has 0 radical (unpaired) electrons. The van der Waals surface area contributed by atoms with Crippen LogP contribution in [0.25, 0.3) is 0 Å². The van der Waals surface area contributed by atoms with Gasteiger partial charge in [0.25, 0.3) is 0 Å². The molecule has 0 spiro atoms. The summed E-state index contributed by atoms with van der Waals surface area (Å²) in [6, 6.07) is 4.56. The van der Waals surface area contributed by atoms with E-state index >= 15 is 0 Å². The van der Waals surface area contributed by atoms with E-state index in [-0.39, 0.29) is 16.5 Å². The van der Waals surface area contributed by atoms with Gasteiger partial charge in [0.1, 0.15) is 0 Å². The monoisotopic (exact) mass is 258 g/mol. The summed E-state index contributed by atoms with van der Waals surface area (Å²) in [5, 5.41) is 2.47. The Kier molecular flexibility index (Phi) is 3.19. The molecule has 0 aliphatic carbocycles. The zero-order valence-corrected chi connectivity index (χ0v) is 9.10.